The molecule has 35 heavy (non-hydrogen) atoms. The number of H-pyrrole nitrogens is 1. The van der Waals surface area contributed by atoms with Crippen molar-refractivity contribution >= 4 is 17.4 Å². The minimum Gasteiger partial charge on any atom is -0.390 e. The van der Waals surface area contributed by atoms with Crippen molar-refractivity contribution in [1.82, 2.24) is 24.1 Å². The van der Waals surface area contributed by atoms with Gasteiger partial charge in [-0.05, 0) is 36.8 Å². The zero-order valence-electron chi connectivity index (χ0n) is 18.7. The van der Waals surface area contributed by atoms with Gasteiger partial charge < -0.3 is 10.8 Å². The maximum Gasteiger partial charge on any atom is 0.411 e. The number of halogens is 1. The van der Waals surface area contributed by atoms with Gasteiger partial charge >= 0.3 is 11.6 Å². The van der Waals surface area contributed by atoms with E-state index in [0.29, 0.717) is 39.5 Å². The van der Waals surface area contributed by atoms with E-state index < -0.39 is 11.5 Å². The van der Waals surface area contributed by atoms with Gasteiger partial charge in [-0.15, -0.1) is 9.50 Å². The van der Waals surface area contributed by atoms with Crippen molar-refractivity contribution in [2.75, 3.05) is 11.5 Å². The topological polar surface area (TPSA) is 151 Å². The number of nitrogens with one attached hydrogen (secondary N) is 1. The van der Waals surface area contributed by atoms with Gasteiger partial charge in [-0.1, -0.05) is 30.3 Å². The first-order chi connectivity index (χ1) is 16.9. The number of nitrogens with two attached hydrogens (primary N) is 2. The zero-order valence-corrected chi connectivity index (χ0v) is 18.7. The largest absolute Gasteiger partial charge is 0.411 e. The number of rotatable bonds is 5. The highest BCUT2D eigenvalue weighted by atomic mass is 19.1. The lowest BCUT2D eigenvalue weighted by Gasteiger charge is -2.10. The molecule has 5 aromatic rings. The summed E-state index contributed by atoms with van der Waals surface area (Å²) >= 11 is 0. The molecule has 0 aliphatic heterocycles. The van der Waals surface area contributed by atoms with Crippen LogP contribution in [-0.2, 0) is 13.2 Å². The van der Waals surface area contributed by atoms with Gasteiger partial charge in [0.05, 0.1) is 30.1 Å². The molecular formula is C24H22FN8O2+. The summed E-state index contributed by atoms with van der Waals surface area (Å²) in [5.74, 6) is -0.820. The molecule has 0 fully saturated rings. The van der Waals surface area contributed by atoms with Crippen molar-refractivity contribution in [3.8, 4) is 22.4 Å². The second kappa shape index (κ2) is 8.61. The number of aliphatic hydroxyl groups excluding tert-OH is 1. The van der Waals surface area contributed by atoms with Crippen molar-refractivity contribution in [3.05, 3.63) is 88.0 Å². The van der Waals surface area contributed by atoms with E-state index in [1.165, 1.54) is 21.2 Å². The molecule has 0 amide bonds. The number of pyridine rings is 2. The van der Waals surface area contributed by atoms with Gasteiger partial charge in [0.15, 0.2) is 11.6 Å². The number of hydrogen-bond donors (Lipinski definition) is 3. The van der Waals surface area contributed by atoms with E-state index in [1.807, 2.05) is 43.3 Å². The van der Waals surface area contributed by atoms with Crippen LogP contribution < -0.4 is 22.1 Å². The third-order valence-electron chi connectivity index (χ3n) is 5.57. The van der Waals surface area contributed by atoms with E-state index in [2.05, 4.69) is 20.1 Å². The molecule has 0 radical (unpaired) electrons. The number of fused-ring (bicyclic) bond motifs is 1. The Morgan fingerprint density at radius 1 is 1.03 bits per heavy atom. The predicted octanol–water partition coefficient (Wildman–Crippen LogP) is 1.59. The summed E-state index contributed by atoms with van der Waals surface area (Å²) in [4.78, 5) is 24.8. The Morgan fingerprint density at radius 2 is 1.80 bits per heavy atom. The molecule has 10 nitrogen and oxygen atoms in total. The summed E-state index contributed by atoms with van der Waals surface area (Å²) in [6, 6.07) is 15.7. The van der Waals surface area contributed by atoms with Crippen molar-refractivity contribution in [2.24, 2.45) is 0 Å². The van der Waals surface area contributed by atoms with Gasteiger partial charge in [-0.3, -0.25) is 10.7 Å². The van der Waals surface area contributed by atoms with Crippen LogP contribution >= 0.6 is 0 Å². The Bertz CT molecular complexity index is 1630. The number of aromatic nitrogens is 6. The number of aromatic amines is 1. The van der Waals surface area contributed by atoms with Gasteiger partial charge in [0.2, 0.25) is 5.65 Å². The molecule has 0 unspecified atom stereocenters. The maximum atomic E-state index is 13.6. The molecule has 0 atom stereocenters. The highest BCUT2D eigenvalue weighted by Crippen LogP contribution is 2.33. The molecule has 0 spiro atoms. The third-order valence-corrected chi connectivity index (χ3v) is 5.57. The zero-order chi connectivity index (χ0) is 24.7. The number of nitrogens with zero attached hydrogens (tertiary/aromatic N) is 5. The highest BCUT2D eigenvalue weighted by Gasteiger charge is 2.26. The number of benzene rings is 1. The molecule has 5 rings (SSSR count). The van der Waals surface area contributed by atoms with Crippen LogP contribution in [0.5, 0.6) is 0 Å². The van der Waals surface area contributed by atoms with E-state index in [0.717, 1.165) is 5.56 Å². The van der Waals surface area contributed by atoms with Gasteiger partial charge in [0.1, 0.15) is 5.69 Å². The smallest absolute Gasteiger partial charge is 0.390 e. The van der Waals surface area contributed by atoms with Crippen LogP contribution in [0, 0.1) is 12.7 Å². The SMILES string of the molecule is Cc1cc(-c2c(-c3ccccc3)[nH+]c(N)n3c(=O)n(Cc4ccc(F)c(N)n4)nc23)cc(CO)n1. The summed E-state index contributed by atoms with van der Waals surface area (Å²) in [5.41, 5.74) is 16.0. The molecule has 6 N–H and O–H groups in total. The molecule has 0 saturated heterocycles. The third kappa shape index (κ3) is 3.97. The molecule has 0 aliphatic carbocycles. The first kappa shape index (κ1) is 22.2. The minimum absolute atomic E-state index is 0.0399. The summed E-state index contributed by atoms with van der Waals surface area (Å²) < 4.78 is 16.0. The summed E-state index contributed by atoms with van der Waals surface area (Å²) in [6.07, 6.45) is 0. The Hall–Kier alpha value is -4.64. The number of aliphatic hydroxyl groups is 1. The lowest BCUT2D eigenvalue weighted by molar-refractivity contribution is -0.351. The van der Waals surface area contributed by atoms with Gasteiger partial charge in [0, 0.05) is 11.3 Å². The predicted molar refractivity (Wildman–Crippen MR) is 127 cm³/mol. The van der Waals surface area contributed by atoms with Crippen LogP contribution in [0.15, 0.2) is 59.4 Å². The molecule has 11 heteroatoms. The lowest BCUT2D eigenvalue weighted by Crippen LogP contribution is -2.28. The van der Waals surface area contributed by atoms with Crippen LogP contribution in [0.2, 0.25) is 0 Å². The summed E-state index contributed by atoms with van der Waals surface area (Å²) in [6.45, 7) is 1.53. The van der Waals surface area contributed by atoms with Crippen LogP contribution in [0.4, 0.5) is 16.2 Å². The quantitative estimate of drug-likeness (QED) is 0.350. The average Bonchev–Trinajstić information content (AvgIpc) is 3.17. The average molecular weight is 473 g/mol. The monoisotopic (exact) mass is 473 g/mol. The molecule has 4 aromatic heterocycles. The van der Waals surface area contributed by atoms with Crippen LogP contribution in [0.3, 0.4) is 0 Å². The fraction of sp³-hybridized carbons (Fsp3) is 0.125. The molecule has 0 aliphatic rings. The molecule has 1 aromatic carbocycles. The van der Waals surface area contributed by atoms with Crippen molar-refractivity contribution in [2.45, 2.75) is 20.1 Å². The van der Waals surface area contributed by atoms with E-state index in [9.17, 15) is 14.3 Å². The van der Waals surface area contributed by atoms with Crippen molar-refractivity contribution < 1.29 is 14.5 Å². The number of anilines is 2. The Kier molecular flexibility index (Phi) is 5.46. The second-order valence-electron chi connectivity index (χ2n) is 8.04. The lowest BCUT2D eigenvalue weighted by atomic mass is 9.99. The standard InChI is InChI=1S/C24H21FN8O2/c1-13-9-15(10-17(12-34)28-13)19-20(14-5-3-2-4-6-14)30-23(27)33-22(19)31-32(24(33)35)11-16-7-8-18(25)21(26)29-16/h2-10,34H,11-12H2,1H3,(H2,26,29)(H2,27,30)/p+1. The van der Waals surface area contributed by atoms with Crippen molar-refractivity contribution in [1.29, 1.82) is 0 Å². The molecule has 4 heterocycles. The van der Waals surface area contributed by atoms with Crippen LogP contribution in [0.25, 0.3) is 28.0 Å². The first-order valence-electron chi connectivity index (χ1n) is 10.7. The highest BCUT2D eigenvalue weighted by molar-refractivity contribution is 5.88. The summed E-state index contributed by atoms with van der Waals surface area (Å²) in [7, 11) is 0. The normalized spacial score (nSPS) is 11.3. The van der Waals surface area contributed by atoms with E-state index in [4.69, 9.17) is 11.5 Å². The maximum absolute atomic E-state index is 13.6. The molecule has 0 saturated carbocycles. The molecule has 0 bridgehead atoms. The Labute approximate surface area is 198 Å². The van der Waals surface area contributed by atoms with Crippen LogP contribution in [-0.4, -0.2) is 29.3 Å². The Balaban J connectivity index is 1.80. The molecule has 176 valence electrons. The fourth-order valence-corrected chi connectivity index (χ4v) is 4.05. The van der Waals surface area contributed by atoms with Crippen LogP contribution in [0.1, 0.15) is 17.1 Å². The number of nitrogen functional groups attached to an aromatic ring is 2. The number of hydrogen-bond acceptors (Lipinski definition) is 7. The number of aryl methyl sites for hydroxylation is 1. The van der Waals surface area contributed by atoms with E-state index in [-0.39, 0.29) is 24.9 Å². The minimum atomic E-state index is -0.641. The fourth-order valence-electron chi connectivity index (χ4n) is 4.05. The first-order valence-corrected chi connectivity index (χ1v) is 10.7. The summed E-state index contributed by atoms with van der Waals surface area (Å²) in [5, 5.41) is 14.3. The second-order valence-corrected chi connectivity index (χ2v) is 8.04. The van der Waals surface area contributed by atoms with Crippen molar-refractivity contribution in [3.63, 3.8) is 0 Å². The van der Waals surface area contributed by atoms with E-state index in [1.54, 1.807) is 6.07 Å². The van der Waals surface area contributed by atoms with Gasteiger partial charge in [-0.25, -0.2) is 19.2 Å². The molecular weight excluding hydrogens is 451 g/mol. The Morgan fingerprint density at radius 3 is 2.51 bits per heavy atom. The van der Waals surface area contributed by atoms with E-state index >= 15 is 0 Å². The van der Waals surface area contributed by atoms with Gasteiger partial charge in [0.25, 0.3) is 0 Å². The van der Waals surface area contributed by atoms with Gasteiger partial charge in [-0.2, -0.15) is 4.68 Å².